The number of carboxylic acid groups (broad SMARTS) is 1. The fourth-order valence-corrected chi connectivity index (χ4v) is 2.38. The molecule has 0 radical (unpaired) electrons. The van der Waals surface area contributed by atoms with Crippen LogP contribution in [0.25, 0.3) is 0 Å². The zero-order valence-electron chi connectivity index (χ0n) is 11.1. The first kappa shape index (κ1) is 14.0. The third-order valence-corrected chi connectivity index (χ3v) is 3.47. The predicted molar refractivity (Wildman–Crippen MR) is 73.3 cm³/mol. The summed E-state index contributed by atoms with van der Waals surface area (Å²) in [7, 11) is 0. The molecule has 0 aliphatic carbocycles. The van der Waals surface area contributed by atoms with Gasteiger partial charge in [-0.15, -0.1) is 0 Å². The highest BCUT2D eigenvalue weighted by Crippen LogP contribution is 2.11. The van der Waals surface area contributed by atoms with Crippen molar-refractivity contribution in [2.75, 3.05) is 13.2 Å². The molecule has 1 saturated heterocycles. The number of ether oxygens (including phenoxy) is 1. The highest BCUT2D eigenvalue weighted by molar-refractivity contribution is 5.87. The van der Waals surface area contributed by atoms with Gasteiger partial charge in [0.05, 0.1) is 12.2 Å². The lowest BCUT2D eigenvalue weighted by molar-refractivity contribution is 0.0696. The summed E-state index contributed by atoms with van der Waals surface area (Å²) >= 11 is 0. The van der Waals surface area contributed by atoms with Gasteiger partial charge >= 0.3 is 5.97 Å². The summed E-state index contributed by atoms with van der Waals surface area (Å²) in [5.74, 6) is -0.895. The molecule has 1 aliphatic heterocycles. The van der Waals surface area contributed by atoms with E-state index in [1.807, 2.05) is 6.07 Å². The maximum atomic E-state index is 10.8. The van der Waals surface area contributed by atoms with Crippen molar-refractivity contribution in [3.63, 3.8) is 0 Å². The number of carboxylic acids is 1. The highest BCUT2D eigenvalue weighted by atomic mass is 16.5. The van der Waals surface area contributed by atoms with Crippen molar-refractivity contribution in [2.24, 2.45) is 0 Å². The molecule has 0 saturated carbocycles. The molecule has 0 bridgehead atoms. The Hall–Kier alpha value is -1.39. The fraction of sp³-hybridized carbons (Fsp3) is 0.533. The molecule has 19 heavy (non-hydrogen) atoms. The second-order valence-corrected chi connectivity index (χ2v) is 4.99. The molecule has 1 aromatic carbocycles. The molecule has 1 aromatic rings. The number of nitrogens with one attached hydrogen (secondary N) is 1. The van der Waals surface area contributed by atoms with Crippen molar-refractivity contribution in [3.05, 3.63) is 35.4 Å². The van der Waals surface area contributed by atoms with Crippen LogP contribution in [0.15, 0.2) is 24.3 Å². The molecule has 104 valence electrons. The van der Waals surface area contributed by atoms with E-state index in [9.17, 15) is 4.79 Å². The van der Waals surface area contributed by atoms with Crippen LogP contribution in [0.2, 0.25) is 0 Å². The third-order valence-electron chi connectivity index (χ3n) is 3.47. The SMILES string of the molecule is O=C(O)c1cccc(COCCC2CCCCN2)c1. The van der Waals surface area contributed by atoms with E-state index in [1.54, 1.807) is 18.2 Å². The largest absolute Gasteiger partial charge is 0.478 e. The molecular weight excluding hydrogens is 242 g/mol. The van der Waals surface area contributed by atoms with Crippen molar-refractivity contribution in [3.8, 4) is 0 Å². The van der Waals surface area contributed by atoms with Gasteiger partial charge in [-0.05, 0) is 43.5 Å². The van der Waals surface area contributed by atoms with Crippen LogP contribution in [-0.4, -0.2) is 30.3 Å². The molecule has 0 amide bonds. The van der Waals surface area contributed by atoms with Gasteiger partial charge in [-0.25, -0.2) is 4.79 Å². The topological polar surface area (TPSA) is 58.6 Å². The van der Waals surface area contributed by atoms with Crippen molar-refractivity contribution < 1.29 is 14.6 Å². The third kappa shape index (κ3) is 4.65. The van der Waals surface area contributed by atoms with Gasteiger partial charge in [-0.2, -0.15) is 0 Å². The first-order chi connectivity index (χ1) is 9.25. The zero-order valence-corrected chi connectivity index (χ0v) is 11.1. The minimum absolute atomic E-state index is 0.315. The predicted octanol–water partition coefficient (Wildman–Crippen LogP) is 2.43. The maximum Gasteiger partial charge on any atom is 0.335 e. The molecule has 4 nitrogen and oxygen atoms in total. The lowest BCUT2D eigenvalue weighted by Crippen LogP contribution is -2.34. The Morgan fingerprint density at radius 3 is 3.05 bits per heavy atom. The average Bonchev–Trinajstić information content (AvgIpc) is 2.45. The quantitative estimate of drug-likeness (QED) is 0.774. The van der Waals surface area contributed by atoms with Crippen LogP contribution >= 0.6 is 0 Å². The van der Waals surface area contributed by atoms with E-state index in [2.05, 4.69) is 5.32 Å². The Labute approximate surface area is 113 Å². The van der Waals surface area contributed by atoms with E-state index in [1.165, 1.54) is 19.3 Å². The first-order valence-corrected chi connectivity index (χ1v) is 6.89. The number of rotatable bonds is 6. The summed E-state index contributed by atoms with van der Waals surface area (Å²) in [6.45, 7) is 2.31. The molecule has 2 rings (SSSR count). The van der Waals surface area contributed by atoms with Crippen LogP contribution in [-0.2, 0) is 11.3 Å². The van der Waals surface area contributed by atoms with Gasteiger partial charge in [0.2, 0.25) is 0 Å². The van der Waals surface area contributed by atoms with Crippen LogP contribution in [0.1, 0.15) is 41.6 Å². The monoisotopic (exact) mass is 263 g/mol. The number of hydrogen-bond donors (Lipinski definition) is 2. The standard InChI is InChI=1S/C15H21NO3/c17-15(18)13-5-3-4-12(10-13)11-19-9-7-14-6-1-2-8-16-14/h3-5,10,14,16H,1-2,6-9,11H2,(H,17,18). The summed E-state index contributed by atoms with van der Waals surface area (Å²) in [5, 5.41) is 12.4. The van der Waals surface area contributed by atoms with E-state index in [0.717, 1.165) is 25.1 Å². The van der Waals surface area contributed by atoms with Crippen LogP contribution < -0.4 is 5.32 Å². The highest BCUT2D eigenvalue weighted by Gasteiger charge is 2.11. The second-order valence-electron chi connectivity index (χ2n) is 4.99. The molecule has 4 heteroatoms. The molecule has 1 fully saturated rings. The molecule has 1 aliphatic rings. The van der Waals surface area contributed by atoms with Gasteiger partial charge in [0, 0.05) is 12.6 Å². The Kier molecular flexibility index (Phi) is 5.36. The molecule has 2 N–H and O–H groups in total. The normalized spacial score (nSPS) is 19.3. The van der Waals surface area contributed by atoms with Crippen LogP contribution in [0.3, 0.4) is 0 Å². The number of benzene rings is 1. The van der Waals surface area contributed by atoms with E-state index in [-0.39, 0.29) is 0 Å². The van der Waals surface area contributed by atoms with Crippen LogP contribution in [0.5, 0.6) is 0 Å². The molecule has 1 atom stereocenters. The Morgan fingerprint density at radius 2 is 2.32 bits per heavy atom. The van der Waals surface area contributed by atoms with Gasteiger partial charge in [0.25, 0.3) is 0 Å². The van der Waals surface area contributed by atoms with Gasteiger partial charge < -0.3 is 15.2 Å². The maximum absolute atomic E-state index is 10.8. The van der Waals surface area contributed by atoms with E-state index >= 15 is 0 Å². The molecule has 1 unspecified atom stereocenters. The van der Waals surface area contributed by atoms with Gasteiger partial charge in [-0.1, -0.05) is 18.6 Å². The number of aromatic carboxylic acids is 1. The van der Waals surface area contributed by atoms with Gasteiger partial charge in [-0.3, -0.25) is 0 Å². The Bertz CT molecular complexity index is 414. The summed E-state index contributed by atoms with van der Waals surface area (Å²) < 4.78 is 5.62. The van der Waals surface area contributed by atoms with E-state index < -0.39 is 5.97 Å². The van der Waals surface area contributed by atoms with Crippen LogP contribution in [0.4, 0.5) is 0 Å². The summed E-state index contributed by atoms with van der Waals surface area (Å²) in [6, 6.07) is 7.49. The summed E-state index contributed by atoms with van der Waals surface area (Å²) in [5.41, 5.74) is 1.23. The summed E-state index contributed by atoms with van der Waals surface area (Å²) in [4.78, 5) is 10.8. The lowest BCUT2D eigenvalue weighted by atomic mass is 10.0. The van der Waals surface area contributed by atoms with Crippen molar-refractivity contribution >= 4 is 5.97 Å². The fourth-order valence-electron chi connectivity index (χ4n) is 2.38. The van der Waals surface area contributed by atoms with Crippen molar-refractivity contribution in [1.82, 2.24) is 5.32 Å². The smallest absolute Gasteiger partial charge is 0.335 e. The summed E-state index contributed by atoms with van der Waals surface area (Å²) in [6.07, 6.45) is 4.84. The van der Waals surface area contributed by atoms with Crippen LogP contribution in [0, 0.1) is 0 Å². The van der Waals surface area contributed by atoms with Gasteiger partial charge in [0.15, 0.2) is 0 Å². The minimum Gasteiger partial charge on any atom is -0.478 e. The number of carbonyl (C=O) groups is 1. The Morgan fingerprint density at radius 1 is 1.42 bits per heavy atom. The molecular formula is C15H21NO3. The molecule has 0 aromatic heterocycles. The number of hydrogen-bond acceptors (Lipinski definition) is 3. The van der Waals surface area contributed by atoms with Gasteiger partial charge in [0.1, 0.15) is 0 Å². The lowest BCUT2D eigenvalue weighted by Gasteiger charge is -2.23. The molecule has 1 heterocycles. The Balaban J connectivity index is 1.70. The second kappa shape index (κ2) is 7.26. The first-order valence-electron chi connectivity index (χ1n) is 6.89. The zero-order chi connectivity index (χ0) is 13.5. The average molecular weight is 263 g/mol. The van der Waals surface area contributed by atoms with Crippen molar-refractivity contribution in [1.29, 1.82) is 0 Å². The number of piperidine rings is 1. The van der Waals surface area contributed by atoms with E-state index in [4.69, 9.17) is 9.84 Å². The minimum atomic E-state index is -0.895. The molecule has 0 spiro atoms. The van der Waals surface area contributed by atoms with E-state index in [0.29, 0.717) is 18.2 Å². The van der Waals surface area contributed by atoms with Crippen molar-refractivity contribution in [2.45, 2.75) is 38.3 Å².